The Labute approximate surface area is 69.6 Å². The topological polar surface area (TPSA) is 20.2 Å². The second kappa shape index (κ2) is 3.64. The van der Waals surface area contributed by atoms with E-state index in [-0.39, 0.29) is 0 Å². The maximum absolute atomic E-state index is 11.9. The Morgan fingerprint density at radius 2 is 1.75 bits per heavy atom. The lowest BCUT2D eigenvalue weighted by molar-refractivity contribution is -0.155. The molecule has 0 aromatic rings. The van der Waals surface area contributed by atoms with E-state index in [2.05, 4.69) is 0 Å². The summed E-state index contributed by atoms with van der Waals surface area (Å²) >= 11 is 0. The third-order valence-corrected chi connectivity index (χ3v) is 2.36. The van der Waals surface area contributed by atoms with Gasteiger partial charge in [-0.1, -0.05) is 12.8 Å². The first kappa shape index (κ1) is 9.84. The van der Waals surface area contributed by atoms with E-state index in [0.29, 0.717) is 12.8 Å². The van der Waals surface area contributed by atoms with Crippen LogP contribution in [-0.4, -0.2) is 17.4 Å². The number of aliphatic hydroxyl groups excluding tert-OH is 1. The first-order valence-electron chi connectivity index (χ1n) is 4.24. The highest BCUT2D eigenvalue weighted by atomic mass is 19.4. The Kier molecular flexibility index (Phi) is 2.99. The number of hydrogen-bond donors (Lipinski definition) is 1. The van der Waals surface area contributed by atoms with Crippen molar-refractivity contribution in [1.29, 1.82) is 0 Å². The lowest BCUT2D eigenvalue weighted by Crippen LogP contribution is -2.29. The zero-order chi connectivity index (χ0) is 9.19. The molecule has 0 aromatic heterocycles. The molecular weight excluding hydrogens is 169 g/mol. The molecule has 12 heavy (non-hydrogen) atoms. The standard InChI is InChI=1S/C8H13F3O/c9-8(10,11)5-6-3-1-2-4-7(6)12/h6-7,12H,1-5H2. The predicted molar refractivity (Wildman–Crippen MR) is 38.6 cm³/mol. The number of hydrogen-bond acceptors (Lipinski definition) is 1. The normalized spacial score (nSPS) is 32.0. The molecule has 0 aromatic carbocycles. The molecule has 1 aliphatic carbocycles. The third kappa shape index (κ3) is 3.01. The second-order valence-corrected chi connectivity index (χ2v) is 3.43. The average Bonchev–Trinajstić information content (AvgIpc) is 1.91. The Morgan fingerprint density at radius 3 is 2.25 bits per heavy atom. The molecule has 1 fully saturated rings. The van der Waals surface area contributed by atoms with Gasteiger partial charge in [0.25, 0.3) is 0 Å². The van der Waals surface area contributed by atoms with Crippen LogP contribution >= 0.6 is 0 Å². The molecule has 1 rings (SSSR count). The van der Waals surface area contributed by atoms with E-state index in [1.54, 1.807) is 0 Å². The van der Waals surface area contributed by atoms with Crippen LogP contribution in [0.25, 0.3) is 0 Å². The van der Waals surface area contributed by atoms with Crippen LogP contribution in [-0.2, 0) is 0 Å². The van der Waals surface area contributed by atoms with Gasteiger partial charge in [-0.15, -0.1) is 0 Å². The Bertz CT molecular complexity index is 144. The van der Waals surface area contributed by atoms with E-state index in [0.717, 1.165) is 12.8 Å². The highest BCUT2D eigenvalue weighted by Gasteiger charge is 2.35. The summed E-state index contributed by atoms with van der Waals surface area (Å²) in [6.45, 7) is 0. The molecule has 1 aliphatic rings. The van der Waals surface area contributed by atoms with Crippen LogP contribution in [0.1, 0.15) is 32.1 Å². The van der Waals surface area contributed by atoms with Crippen molar-refractivity contribution in [3.8, 4) is 0 Å². The summed E-state index contributed by atoms with van der Waals surface area (Å²) in [6.07, 6.45) is -2.97. The average molecular weight is 182 g/mol. The zero-order valence-corrected chi connectivity index (χ0v) is 6.77. The second-order valence-electron chi connectivity index (χ2n) is 3.43. The minimum Gasteiger partial charge on any atom is -0.393 e. The smallest absolute Gasteiger partial charge is 0.389 e. The lowest BCUT2D eigenvalue weighted by atomic mass is 9.84. The molecule has 2 unspecified atom stereocenters. The molecule has 2 atom stereocenters. The van der Waals surface area contributed by atoms with Crippen LogP contribution in [0.15, 0.2) is 0 Å². The molecule has 4 heteroatoms. The van der Waals surface area contributed by atoms with Gasteiger partial charge >= 0.3 is 6.18 Å². The van der Waals surface area contributed by atoms with Crippen LogP contribution in [0.3, 0.4) is 0 Å². The highest BCUT2D eigenvalue weighted by molar-refractivity contribution is 4.76. The zero-order valence-electron chi connectivity index (χ0n) is 6.77. The number of aliphatic hydroxyl groups is 1. The van der Waals surface area contributed by atoms with Crippen molar-refractivity contribution in [2.45, 2.75) is 44.4 Å². The van der Waals surface area contributed by atoms with Gasteiger partial charge in [0.15, 0.2) is 0 Å². The monoisotopic (exact) mass is 182 g/mol. The predicted octanol–water partition coefficient (Wildman–Crippen LogP) is 2.49. The van der Waals surface area contributed by atoms with Gasteiger partial charge in [0, 0.05) is 6.42 Å². The minimum atomic E-state index is -4.12. The van der Waals surface area contributed by atoms with Crippen molar-refractivity contribution in [2.75, 3.05) is 0 Å². The van der Waals surface area contributed by atoms with Gasteiger partial charge in [0.05, 0.1) is 6.10 Å². The number of alkyl halides is 3. The summed E-state index contributed by atoms with van der Waals surface area (Å²) in [7, 11) is 0. The van der Waals surface area contributed by atoms with Crippen molar-refractivity contribution in [2.24, 2.45) is 5.92 Å². The number of rotatable bonds is 1. The van der Waals surface area contributed by atoms with E-state index >= 15 is 0 Å². The summed E-state index contributed by atoms with van der Waals surface area (Å²) in [5.74, 6) is -0.557. The third-order valence-electron chi connectivity index (χ3n) is 2.36. The maximum atomic E-state index is 11.9. The molecule has 72 valence electrons. The molecule has 0 spiro atoms. The van der Waals surface area contributed by atoms with Crippen LogP contribution in [0, 0.1) is 5.92 Å². The Morgan fingerprint density at radius 1 is 1.17 bits per heavy atom. The number of halogens is 3. The van der Waals surface area contributed by atoms with Gasteiger partial charge in [-0.3, -0.25) is 0 Å². The van der Waals surface area contributed by atoms with E-state index in [4.69, 9.17) is 0 Å². The molecule has 0 aliphatic heterocycles. The fourth-order valence-corrected chi connectivity index (χ4v) is 1.72. The van der Waals surface area contributed by atoms with Gasteiger partial charge in [-0.05, 0) is 18.8 Å². The van der Waals surface area contributed by atoms with Gasteiger partial charge in [-0.25, -0.2) is 0 Å². The quantitative estimate of drug-likeness (QED) is 0.660. The highest BCUT2D eigenvalue weighted by Crippen LogP contribution is 2.34. The van der Waals surface area contributed by atoms with Crippen molar-refractivity contribution in [3.63, 3.8) is 0 Å². The van der Waals surface area contributed by atoms with Gasteiger partial charge < -0.3 is 5.11 Å². The van der Waals surface area contributed by atoms with E-state index in [1.807, 2.05) is 0 Å². The fraction of sp³-hybridized carbons (Fsp3) is 1.00. The molecule has 0 saturated heterocycles. The molecule has 0 radical (unpaired) electrons. The summed E-state index contributed by atoms with van der Waals surface area (Å²) in [4.78, 5) is 0. The first-order valence-corrected chi connectivity index (χ1v) is 4.24. The van der Waals surface area contributed by atoms with Gasteiger partial charge in [0.1, 0.15) is 0 Å². The van der Waals surface area contributed by atoms with Gasteiger partial charge in [-0.2, -0.15) is 13.2 Å². The molecule has 0 amide bonds. The Balaban J connectivity index is 2.39. The van der Waals surface area contributed by atoms with E-state index in [9.17, 15) is 18.3 Å². The van der Waals surface area contributed by atoms with Crippen LogP contribution < -0.4 is 0 Å². The van der Waals surface area contributed by atoms with Crippen molar-refractivity contribution in [1.82, 2.24) is 0 Å². The molecule has 1 nitrogen and oxygen atoms in total. The van der Waals surface area contributed by atoms with Gasteiger partial charge in [0.2, 0.25) is 0 Å². The molecule has 0 heterocycles. The molecule has 0 bridgehead atoms. The van der Waals surface area contributed by atoms with Crippen molar-refractivity contribution in [3.05, 3.63) is 0 Å². The molecule has 1 N–H and O–H groups in total. The minimum absolute atomic E-state index is 0.515. The van der Waals surface area contributed by atoms with E-state index < -0.39 is 24.6 Å². The van der Waals surface area contributed by atoms with Crippen LogP contribution in [0.4, 0.5) is 13.2 Å². The maximum Gasteiger partial charge on any atom is 0.389 e. The fourth-order valence-electron chi connectivity index (χ4n) is 1.72. The Hall–Kier alpha value is -0.250. The molecular formula is C8H13F3O. The largest absolute Gasteiger partial charge is 0.393 e. The molecule has 1 saturated carbocycles. The lowest BCUT2D eigenvalue weighted by Gasteiger charge is -2.28. The van der Waals surface area contributed by atoms with Crippen LogP contribution in [0.2, 0.25) is 0 Å². The van der Waals surface area contributed by atoms with Crippen LogP contribution in [0.5, 0.6) is 0 Å². The first-order chi connectivity index (χ1) is 5.49. The summed E-state index contributed by atoms with van der Waals surface area (Å²) in [5.41, 5.74) is 0. The van der Waals surface area contributed by atoms with E-state index in [1.165, 1.54) is 0 Å². The van der Waals surface area contributed by atoms with Crippen molar-refractivity contribution < 1.29 is 18.3 Å². The SMILES string of the molecule is OC1CCCCC1CC(F)(F)F. The van der Waals surface area contributed by atoms with Crippen molar-refractivity contribution >= 4 is 0 Å². The summed E-state index contributed by atoms with van der Waals surface area (Å²) in [5, 5.41) is 9.23. The summed E-state index contributed by atoms with van der Waals surface area (Å²) < 4.78 is 35.7. The summed E-state index contributed by atoms with van der Waals surface area (Å²) in [6, 6.07) is 0.